The summed E-state index contributed by atoms with van der Waals surface area (Å²) in [6.07, 6.45) is 0.635. The Kier molecular flexibility index (Phi) is 4.01. The molecule has 1 heterocycles. The number of hydrogen-bond donors (Lipinski definition) is 2. The van der Waals surface area contributed by atoms with Crippen molar-refractivity contribution in [2.75, 3.05) is 13.2 Å². The molecule has 2 aromatic carbocycles. The van der Waals surface area contributed by atoms with Crippen LogP contribution in [0.4, 0.5) is 0 Å². The van der Waals surface area contributed by atoms with E-state index in [2.05, 4.69) is 5.32 Å². The van der Waals surface area contributed by atoms with E-state index < -0.39 is 17.9 Å². The number of fused-ring (bicyclic) bond motifs is 3. The predicted molar refractivity (Wildman–Crippen MR) is 92.2 cm³/mol. The lowest BCUT2D eigenvalue weighted by atomic mass is 9.89. The number of carboxylic acid groups (broad SMARTS) is 1. The minimum absolute atomic E-state index is 0.244. The van der Waals surface area contributed by atoms with Crippen LogP contribution in [0, 0.1) is 5.92 Å². The average Bonchev–Trinajstić information content (AvgIpc) is 3.26. The molecule has 0 unspecified atom stereocenters. The minimum atomic E-state index is -1.02. The number of amides is 1. The normalized spacial score (nSPS) is 19.9. The molecule has 0 spiro atoms. The fourth-order valence-electron chi connectivity index (χ4n) is 3.85. The molecular formula is C20H19NO4. The van der Waals surface area contributed by atoms with Crippen LogP contribution in [-0.4, -0.2) is 36.2 Å². The molecule has 1 aliphatic carbocycles. The van der Waals surface area contributed by atoms with Crippen molar-refractivity contribution in [3.63, 3.8) is 0 Å². The van der Waals surface area contributed by atoms with Gasteiger partial charge in [-0.3, -0.25) is 4.79 Å². The van der Waals surface area contributed by atoms with Crippen molar-refractivity contribution in [3.8, 4) is 11.1 Å². The van der Waals surface area contributed by atoms with Gasteiger partial charge in [-0.2, -0.15) is 0 Å². The van der Waals surface area contributed by atoms with Gasteiger partial charge in [-0.25, -0.2) is 4.79 Å². The summed E-state index contributed by atoms with van der Waals surface area (Å²) in [6, 6.07) is 14.6. The second-order valence-corrected chi connectivity index (χ2v) is 6.54. The van der Waals surface area contributed by atoms with Gasteiger partial charge < -0.3 is 15.2 Å². The van der Waals surface area contributed by atoms with Gasteiger partial charge in [-0.15, -0.1) is 0 Å². The molecule has 2 aliphatic rings. The molecule has 0 radical (unpaired) electrons. The number of hydrogen-bond acceptors (Lipinski definition) is 3. The van der Waals surface area contributed by atoms with Gasteiger partial charge in [-0.05, 0) is 28.7 Å². The van der Waals surface area contributed by atoms with Gasteiger partial charge in [0.25, 0.3) is 0 Å². The quantitative estimate of drug-likeness (QED) is 0.898. The second-order valence-electron chi connectivity index (χ2n) is 6.54. The highest BCUT2D eigenvalue weighted by atomic mass is 16.5. The Morgan fingerprint density at radius 3 is 2.16 bits per heavy atom. The van der Waals surface area contributed by atoms with Crippen LogP contribution in [0.5, 0.6) is 0 Å². The van der Waals surface area contributed by atoms with Crippen LogP contribution in [0.2, 0.25) is 0 Å². The third-order valence-corrected chi connectivity index (χ3v) is 5.08. The van der Waals surface area contributed by atoms with Crippen LogP contribution in [0.25, 0.3) is 11.1 Å². The summed E-state index contributed by atoms with van der Waals surface area (Å²) >= 11 is 0. The van der Waals surface area contributed by atoms with Gasteiger partial charge in [-0.1, -0.05) is 48.5 Å². The molecule has 1 amide bonds. The van der Waals surface area contributed by atoms with Crippen molar-refractivity contribution in [2.45, 2.75) is 18.4 Å². The van der Waals surface area contributed by atoms with E-state index in [4.69, 9.17) is 4.74 Å². The third kappa shape index (κ3) is 2.70. The Labute approximate surface area is 145 Å². The zero-order chi connectivity index (χ0) is 17.4. The summed E-state index contributed by atoms with van der Waals surface area (Å²) in [6.45, 7) is 0.904. The fourth-order valence-corrected chi connectivity index (χ4v) is 3.85. The third-order valence-electron chi connectivity index (χ3n) is 5.08. The highest BCUT2D eigenvalue weighted by Gasteiger charge is 2.40. The van der Waals surface area contributed by atoms with E-state index in [-0.39, 0.29) is 11.8 Å². The lowest BCUT2D eigenvalue weighted by Crippen LogP contribution is -2.47. The maximum atomic E-state index is 12.5. The Morgan fingerprint density at radius 2 is 1.64 bits per heavy atom. The van der Waals surface area contributed by atoms with Crippen LogP contribution >= 0.6 is 0 Å². The lowest BCUT2D eigenvalue weighted by Gasteiger charge is -2.24. The first kappa shape index (κ1) is 15.8. The smallest absolute Gasteiger partial charge is 0.327 e. The SMILES string of the molecule is O=C(N[C@@H](C(=O)O)C1c2ccccc2-c2ccccc21)[C@H]1CCOC1. The summed E-state index contributed by atoms with van der Waals surface area (Å²) in [5.41, 5.74) is 3.96. The number of ether oxygens (including phenoxy) is 1. The van der Waals surface area contributed by atoms with Crippen LogP contribution in [-0.2, 0) is 14.3 Å². The van der Waals surface area contributed by atoms with Gasteiger partial charge in [0.1, 0.15) is 6.04 Å². The molecule has 0 saturated carbocycles. The number of carbonyl (C=O) groups excluding carboxylic acids is 1. The van der Waals surface area contributed by atoms with E-state index in [1.807, 2.05) is 48.5 Å². The second kappa shape index (κ2) is 6.33. The fraction of sp³-hybridized carbons (Fsp3) is 0.300. The monoisotopic (exact) mass is 337 g/mol. The lowest BCUT2D eigenvalue weighted by molar-refractivity contribution is -0.142. The Bertz CT molecular complexity index is 780. The molecule has 5 heteroatoms. The first-order chi connectivity index (χ1) is 12.2. The largest absolute Gasteiger partial charge is 0.480 e. The van der Waals surface area contributed by atoms with Crippen LogP contribution in [0.3, 0.4) is 0 Å². The first-order valence-corrected chi connectivity index (χ1v) is 8.46. The standard InChI is InChI=1S/C20H19NO4/c22-19(12-9-10-25-11-12)21-18(20(23)24)17-15-7-3-1-5-13(15)14-6-2-4-8-16(14)17/h1-8,12,17-18H,9-11H2,(H,21,22)(H,23,24)/t12-,18+/m0/s1. The molecule has 1 fully saturated rings. The van der Waals surface area contributed by atoms with Crippen LogP contribution in [0.1, 0.15) is 23.5 Å². The van der Waals surface area contributed by atoms with Gasteiger partial charge in [0.05, 0.1) is 12.5 Å². The molecule has 25 heavy (non-hydrogen) atoms. The van der Waals surface area contributed by atoms with Gasteiger partial charge in [0.2, 0.25) is 5.91 Å². The van der Waals surface area contributed by atoms with Crippen molar-refractivity contribution in [1.82, 2.24) is 5.32 Å². The molecule has 2 N–H and O–H groups in total. The molecular weight excluding hydrogens is 318 g/mol. The van der Waals surface area contributed by atoms with E-state index >= 15 is 0 Å². The first-order valence-electron chi connectivity index (χ1n) is 8.46. The molecule has 4 rings (SSSR count). The predicted octanol–water partition coefficient (Wildman–Crippen LogP) is 2.40. The number of carboxylic acids is 1. The zero-order valence-electron chi connectivity index (χ0n) is 13.6. The highest BCUT2D eigenvalue weighted by molar-refractivity contribution is 5.89. The van der Waals surface area contributed by atoms with Crippen LogP contribution in [0.15, 0.2) is 48.5 Å². The molecule has 0 bridgehead atoms. The van der Waals surface area contributed by atoms with Crippen molar-refractivity contribution < 1.29 is 19.4 Å². The van der Waals surface area contributed by atoms with E-state index in [1.165, 1.54) is 0 Å². The zero-order valence-corrected chi connectivity index (χ0v) is 13.6. The Morgan fingerprint density at radius 1 is 1.04 bits per heavy atom. The van der Waals surface area contributed by atoms with E-state index in [1.54, 1.807) is 0 Å². The number of benzene rings is 2. The summed E-state index contributed by atoms with van der Waals surface area (Å²) in [4.78, 5) is 24.5. The number of rotatable bonds is 4. The average molecular weight is 337 g/mol. The van der Waals surface area contributed by atoms with Gasteiger partial charge >= 0.3 is 5.97 Å². The molecule has 5 nitrogen and oxygen atoms in total. The Hall–Kier alpha value is -2.66. The van der Waals surface area contributed by atoms with Crippen LogP contribution < -0.4 is 5.32 Å². The maximum Gasteiger partial charge on any atom is 0.327 e. The molecule has 2 aromatic rings. The summed E-state index contributed by atoms with van der Waals surface area (Å²) in [7, 11) is 0. The van der Waals surface area contributed by atoms with E-state index in [9.17, 15) is 14.7 Å². The molecule has 128 valence electrons. The number of nitrogens with one attached hydrogen (secondary N) is 1. The Balaban J connectivity index is 1.72. The summed E-state index contributed by atoms with van der Waals surface area (Å²) < 4.78 is 5.25. The minimum Gasteiger partial charge on any atom is -0.480 e. The van der Waals surface area contributed by atoms with Gasteiger partial charge in [0.15, 0.2) is 0 Å². The maximum absolute atomic E-state index is 12.5. The highest BCUT2D eigenvalue weighted by Crippen LogP contribution is 2.46. The molecule has 2 atom stereocenters. The van der Waals surface area contributed by atoms with E-state index in [0.29, 0.717) is 19.6 Å². The molecule has 1 saturated heterocycles. The van der Waals surface area contributed by atoms with Crippen molar-refractivity contribution in [3.05, 3.63) is 59.7 Å². The van der Waals surface area contributed by atoms with E-state index in [0.717, 1.165) is 22.3 Å². The van der Waals surface area contributed by atoms with Crippen molar-refractivity contribution >= 4 is 11.9 Å². The molecule has 1 aliphatic heterocycles. The summed E-state index contributed by atoms with van der Waals surface area (Å²) in [5.74, 6) is -1.93. The number of aliphatic carboxylic acids is 1. The number of carbonyl (C=O) groups is 2. The van der Waals surface area contributed by atoms with Gasteiger partial charge in [0, 0.05) is 12.5 Å². The van der Waals surface area contributed by atoms with Crippen molar-refractivity contribution in [2.24, 2.45) is 5.92 Å². The summed E-state index contributed by atoms with van der Waals surface area (Å²) in [5, 5.41) is 12.6. The molecule has 0 aromatic heterocycles. The van der Waals surface area contributed by atoms with Crippen molar-refractivity contribution in [1.29, 1.82) is 0 Å². The topological polar surface area (TPSA) is 75.6 Å².